The topological polar surface area (TPSA) is 0 Å². The first-order valence-corrected chi connectivity index (χ1v) is 4.37. The quantitative estimate of drug-likeness (QED) is 0.325. The normalized spacial score (nSPS) is 2.25. The molecule has 0 aromatic heterocycles. The first-order chi connectivity index (χ1) is 1.00. The summed E-state index contributed by atoms with van der Waals surface area (Å²) in [6, 6.07) is 0. The van der Waals surface area contributed by atoms with Crippen LogP contribution in [0.3, 0.4) is 0 Å². The van der Waals surface area contributed by atoms with E-state index in [0.717, 1.165) is 8.85 Å². The van der Waals surface area contributed by atoms with Crippen molar-refractivity contribution in [3.05, 3.63) is 0 Å². The van der Waals surface area contributed by atoms with Crippen LogP contribution in [0.4, 0.5) is 0 Å². The van der Waals surface area contributed by atoms with E-state index < -0.39 is 0 Å². The zero-order valence-corrected chi connectivity index (χ0v) is 4.46. The molecular formula is H8AlCaFeSi. The van der Waals surface area contributed by atoms with Crippen molar-refractivity contribution in [1.82, 2.24) is 0 Å². The van der Waals surface area contributed by atoms with Crippen LogP contribution in [0.1, 0.15) is 0 Å². The third-order valence-corrected chi connectivity index (χ3v) is 0. The van der Waals surface area contributed by atoms with Gasteiger partial charge in [-0.25, -0.2) is 0 Å². The van der Waals surface area contributed by atoms with Crippen LogP contribution in [0.15, 0.2) is 0 Å². The third kappa shape index (κ3) is 8.82. The van der Waals surface area contributed by atoms with Crippen molar-refractivity contribution >= 4 is 63.9 Å². The van der Waals surface area contributed by atoms with Gasteiger partial charge in [-0.2, -0.15) is 0 Å². The molecule has 0 fully saturated rings. The summed E-state index contributed by atoms with van der Waals surface area (Å²) in [6.45, 7) is 0. The summed E-state index contributed by atoms with van der Waals surface area (Å²) in [6.07, 6.45) is 0. The molecule has 0 aliphatic heterocycles. The van der Waals surface area contributed by atoms with Gasteiger partial charge in [0.15, 0.2) is 17.4 Å². The van der Waals surface area contributed by atoms with Gasteiger partial charge in [-0.15, -0.1) is 0 Å². The SMILES string of the molecule is [AlH3].[CaH2].[SiH3][Fe]. The summed E-state index contributed by atoms with van der Waals surface area (Å²) in [5, 5.41) is 0. The molecule has 0 unspecified atom stereocenters. The number of hydrogen-bond donors (Lipinski definition) is 0. The Morgan fingerprint density at radius 1 is 1.25 bits per heavy atom. The maximum absolute atomic E-state index is 3.39. The molecule has 0 saturated carbocycles. The van der Waals surface area contributed by atoms with E-state index in [-0.39, 0.29) is 55.1 Å². The second kappa shape index (κ2) is 17.7. The molecule has 0 heterocycles. The molecule has 0 N–H and O–H groups in total. The van der Waals surface area contributed by atoms with Crippen LogP contribution < -0.4 is 0 Å². The van der Waals surface area contributed by atoms with E-state index in [2.05, 4.69) is 15.4 Å². The fourth-order valence-electron chi connectivity index (χ4n) is 0. The van der Waals surface area contributed by atoms with Crippen LogP contribution in [0, 0.1) is 0 Å². The molecule has 25 valence electrons. The summed E-state index contributed by atoms with van der Waals surface area (Å²) >= 11 is 3.39. The zero-order chi connectivity index (χ0) is 2.00. The molecule has 0 aliphatic rings. The van der Waals surface area contributed by atoms with E-state index in [1.165, 1.54) is 0 Å². The average Bonchev–Trinajstić information content (AvgIpc) is 1.00. The van der Waals surface area contributed by atoms with Crippen LogP contribution in [0.2, 0.25) is 0 Å². The molecule has 0 saturated heterocycles. The van der Waals surface area contributed by atoms with Gasteiger partial charge in [0.05, 0.1) is 0 Å². The number of hydrogen-bond acceptors (Lipinski definition) is 0. The minimum atomic E-state index is 0. The summed E-state index contributed by atoms with van der Waals surface area (Å²) in [4.78, 5) is 0. The fourth-order valence-corrected chi connectivity index (χ4v) is 0. The van der Waals surface area contributed by atoms with Gasteiger partial charge in [0, 0.05) is 0 Å². The first kappa shape index (κ1) is 16.0. The van der Waals surface area contributed by atoms with Gasteiger partial charge in [0.25, 0.3) is 0 Å². The fraction of sp³-hybridized carbons (Fsp3) is 0. The van der Waals surface area contributed by atoms with Crippen LogP contribution in [0.5, 0.6) is 0 Å². The predicted molar refractivity (Wildman–Crippen MR) is 28.4 cm³/mol. The second-order valence-corrected chi connectivity index (χ2v) is 0. The van der Waals surface area contributed by atoms with Gasteiger partial charge < -0.3 is 0 Å². The molecule has 0 atom stereocenters. The zero-order valence-electron chi connectivity index (χ0n) is 1.35. The molecule has 0 rings (SSSR count). The molecule has 0 aliphatic carbocycles. The molecule has 0 radical (unpaired) electrons. The van der Waals surface area contributed by atoms with Gasteiger partial charge >= 0.3 is 62.0 Å². The van der Waals surface area contributed by atoms with Crippen molar-refractivity contribution in [2.75, 3.05) is 0 Å². The average molecular weight is 159 g/mol. The van der Waals surface area contributed by atoms with Crippen LogP contribution in [-0.4, -0.2) is 63.9 Å². The molecule has 0 bridgehead atoms. The molecule has 0 spiro atoms. The Morgan fingerprint density at radius 2 is 1.25 bits per heavy atom. The van der Waals surface area contributed by atoms with Crippen molar-refractivity contribution in [3.8, 4) is 0 Å². The molecular weight excluding hydrogens is 151 g/mol. The molecule has 4 heteroatoms. The Morgan fingerprint density at radius 3 is 1.25 bits per heavy atom. The first-order valence-electron chi connectivity index (χ1n) is 0.354. The molecule has 4 heavy (non-hydrogen) atoms. The standard InChI is InChI=1S/Al.Ca.Fe.H3Si.5H/h;;;1H3;;;;;. The van der Waals surface area contributed by atoms with Crippen LogP contribution in [-0.2, 0) is 15.4 Å². The van der Waals surface area contributed by atoms with E-state index in [1.807, 2.05) is 0 Å². The summed E-state index contributed by atoms with van der Waals surface area (Å²) in [5.74, 6) is 0. The van der Waals surface area contributed by atoms with E-state index in [4.69, 9.17) is 0 Å². The van der Waals surface area contributed by atoms with Crippen molar-refractivity contribution in [2.24, 2.45) is 0 Å². The monoisotopic (exact) mass is 159 g/mol. The Kier molecular flexibility index (Phi) is 71.1. The predicted octanol–water partition coefficient (Wildman–Crippen LogP) is -3.29. The molecule has 0 amide bonds. The van der Waals surface area contributed by atoms with Gasteiger partial charge in [-0.05, 0) is 0 Å². The van der Waals surface area contributed by atoms with Crippen LogP contribution in [0.25, 0.3) is 0 Å². The van der Waals surface area contributed by atoms with Crippen molar-refractivity contribution in [2.45, 2.75) is 0 Å². The van der Waals surface area contributed by atoms with Crippen molar-refractivity contribution in [1.29, 1.82) is 0 Å². The summed E-state index contributed by atoms with van der Waals surface area (Å²) < 4.78 is 0. The number of rotatable bonds is 0. The second-order valence-electron chi connectivity index (χ2n) is 0. The van der Waals surface area contributed by atoms with Crippen molar-refractivity contribution in [3.63, 3.8) is 0 Å². The molecule has 0 nitrogen and oxygen atoms in total. The molecule has 0 aromatic carbocycles. The Bertz CT molecular complexity index is 8.00. The van der Waals surface area contributed by atoms with E-state index in [0.29, 0.717) is 0 Å². The minimum absolute atomic E-state index is 0. The van der Waals surface area contributed by atoms with Gasteiger partial charge in [0.1, 0.15) is 0 Å². The maximum atomic E-state index is 3.39. The summed E-state index contributed by atoms with van der Waals surface area (Å²) in [7, 11) is 1.06. The van der Waals surface area contributed by atoms with E-state index in [9.17, 15) is 0 Å². The van der Waals surface area contributed by atoms with E-state index >= 15 is 0 Å². The van der Waals surface area contributed by atoms with Gasteiger partial charge in [-0.1, -0.05) is 0 Å². The van der Waals surface area contributed by atoms with Gasteiger partial charge in [-0.3, -0.25) is 0 Å². The van der Waals surface area contributed by atoms with Crippen molar-refractivity contribution < 1.29 is 15.4 Å². The Labute approximate surface area is 77.9 Å². The van der Waals surface area contributed by atoms with Gasteiger partial charge in [0.2, 0.25) is 0 Å². The summed E-state index contributed by atoms with van der Waals surface area (Å²) in [5.41, 5.74) is 0. The Balaban J connectivity index is -0.00000000500. The Hall–Kier alpha value is 2.53. The third-order valence-electron chi connectivity index (χ3n) is 0. The van der Waals surface area contributed by atoms with Crippen LogP contribution >= 0.6 is 0 Å². The van der Waals surface area contributed by atoms with E-state index in [1.54, 1.807) is 0 Å². The molecule has 0 aromatic rings.